The zero-order chi connectivity index (χ0) is 16.2. The van der Waals surface area contributed by atoms with Crippen LogP contribution in [0.25, 0.3) is 22.3 Å². The van der Waals surface area contributed by atoms with Gasteiger partial charge in [0.15, 0.2) is 0 Å². The van der Waals surface area contributed by atoms with Gasteiger partial charge in [0, 0.05) is 11.3 Å². The van der Waals surface area contributed by atoms with E-state index in [2.05, 4.69) is 21.9 Å². The van der Waals surface area contributed by atoms with E-state index in [0.29, 0.717) is 16.9 Å². The third kappa shape index (κ3) is 3.25. The summed E-state index contributed by atoms with van der Waals surface area (Å²) in [7, 11) is 0. The largest absolute Gasteiger partial charge is 0.392 e. The number of nitrogens with zero attached hydrogens (tertiary/aromatic N) is 2. The lowest BCUT2D eigenvalue weighted by Gasteiger charge is -2.09. The minimum Gasteiger partial charge on any atom is -0.392 e. The van der Waals surface area contributed by atoms with Gasteiger partial charge in [0.05, 0.1) is 29.5 Å². The Morgan fingerprint density at radius 3 is 2.74 bits per heavy atom. The Hall–Kier alpha value is -3.05. The first-order valence-corrected chi connectivity index (χ1v) is 7.10. The van der Waals surface area contributed by atoms with Crippen LogP contribution in [0.2, 0.25) is 0 Å². The fourth-order valence-corrected chi connectivity index (χ4v) is 2.29. The second-order valence-corrected chi connectivity index (χ2v) is 5.01. The highest BCUT2D eigenvalue weighted by Gasteiger charge is 2.07. The van der Waals surface area contributed by atoms with Crippen LogP contribution in [-0.4, -0.2) is 21.0 Å². The molecular formula is C18H15N3O2. The number of carbonyl (C=O) groups is 1. The number of hydrogen-bond acceptors (Lipinski definition) is 4. The average Bonchev–Trinajstić information content (AvgIpc) is 2.60. The summed E-state index contributed by atoms with van der Waals surface area (Å²) >= 11 is 0. The minimum atomic E-state index is -0.310. The molecule has 0 aliphatic rings. The van der Waals surface area contributed by atoms with Crippen LogP contribution in [0.4, 0.5) is 5.69 Å². The lowest BCUT2D eigenvalue weighted by Crippen LogP contribution is -2.07. The molecule has 0 saturated heterocycles. The molecule has 2 N–H and O–H groups in total. The van der Waals surface area contributed by atoms with Gasteiger partial charge in [0.1, 0.15) is 0 Å². The van der Waals surface area contributed by atoms with Gasteiger partial charge in [-0.25, -0.2) is 4.98 Å². The normalized spacial score (nSPS) is 10.5. The molecule has 3 aromatic rings. The molecule has 114 valence electrons. The van der Waals surface area contributed by atoms with E-state index in [0.717, 1.165) is 16.6 Å². The third-order valence-corrected chi connectivity index (χ3v) is 3.37. The zero-order valence-electron chi connectivity index (χ0n) is 12.4. The van der Waals surface area contributed by atoms with Crippen LogP contribution in [0.15, 0.2) is 61.3 Å². The molecule has 23 heavy (non-hydrogen) atoms. The summed E-state index contributed by atoms with van der Waals surface area (Å²) in [5, 5.41) is 12.1. The van der Waals surface area contributed by atoms with Gasteiger partial charge in [-0.05, 0) is 42.0 Å². The van der Waals surface area contributed by atoms with Crippen molar-refractivity contribution >= 4 is 22.6 Å². The van der Waals surface area contributed by atoms with Crippen LogP contribution in [0.1, 0.15) is 5.56 Å². The van der Waals surface area contributed by atoms with E-state index in [1.54, 1.807) is 18.3 Å². The predicted molar refractivity (Wildman–Crippen MR) is 89.7 cm³/mol. The molecule has 0 spiro atoms. The Morgan fingerprint density at radius 2 is 2.00 bits per heavy atom. The second kappa shape index (κ2) is 6.37. The van der Waals surface area contributed by atoms with Gasteiger partial charge < -0.3 is 10.4 Å². The highest BCUT2D eigenvalue weighted by atomic mass is 16.3. The summed E-state index contributed by atoms with van der Waals surface area (Å²) in [6.45, 7) is 3.30. The molecule has 0 aliphatic carbocycles. The molecule has 5 nitrogen and oxygen atoms in total. The van der Waals surface area contributed by atoms with Crippen molar-refractivity contribution in [3.05, 3.63) is 66.9 Å². The number of fused-ring (bicyclic) bond motifs is 1. The maximum atomic E-state index is 11.5. The fourth-order valence-electron chi connectivity index (χ4n) is 2.29. The first kappa shape index (κ1) is 14.9. The maximum Gasteiger partial charge on any atom is 0.247 e. The quantitative estimate of drug-likeness (QED) is 0.727. The SMILES string of the molecule is C=CC(=O)Nc1cc(CO)cc(-c2cnc3ccccc3n2)c1. The van der Waals surface area contributed by atoms with E-state index in [1.165, 1.54) is 6.08 Å². The van der Waals surface area contributed by atoms with Gasteiger partial charge in [0.2, 0.25) is 5.91 Å². The molecular weight excluding hydrogens is 290 g/mol. The molecule has 2 aromatic carbocycles. The number of hydrogen-bond donors (Lipinski definition) is 2. The molecule has 0 aliphatic heterocycles. The first-order chi connectivity index (χ1) is 11.2. The molecule has 1 heterocycles. The number of nitrogens with one attached hydrogen (secondary N) is 1. The van der Waals surface area contributed by atoms with Crippen LogP contribution in [0.5, 0.6) is 0 Å². The van der Waals surface area contributed by atoms with Crippen molar-refractivity contribution in [1.82, 2.24) is 9.97 Å². The van der Waals surface area contributed by atoms with E-state index >= 15 is 0 Å². The van der Waals surface area contributed by atoms with Crippen molar-refractivity contribution in [3.8, 4) is 11.3 Å². The van der Waals surface area contributed by atoms with Crippen molar-refractivity contribution in [2.24, 2.45) is 0 Å². The fraction of sp³-hybridized carbons (Fsp3) is 0.0556. The van der Waals surface area contributed by atoms with Gasteiger partial charge in [0.25, 0.3) is 0 Å². The van der Waals surface area contributed by atoms with E-state index in [4.69, 9.17) is 0 Å². The van der Waals surface area contributed by atoms with Gasteiger partial charge >= 0.3 is 0 Å². The number of aliphatic hydroxyl groups is 1. The average molecular weight is 305 g/mol. The molecule has 0 saturated carbocycles. The summed E-state index contributed by atoms with van der Waals surface area (Å²) < 4.78 is 0. The number of benzene rings is 2. The van der Waals surface area contributed by atoms with Gasteiger partial charge in [-0.2, -0.15) is 0 Å². The van der Waals surface area contributed by atoms with Crippen molar-refractivity contribution < 1.29 is 9.90 Å². The number of aromatic nitrogens is 2. The molecule has 0 atom stereocenters. The van der Waals surface area contributed by atoms with Gasteiger partial charge in [-0.1, -0.05) is 18.7 Å². The Labute approximate surface area is 133 Å². The Kier molecular flexibility index (Phi) is 4.12. The summed E-state index contributed by atoms with van der Waals surface area (Å²) in [5.74, 6) is -0.310. The van der Waals surface area contributed by atoms with Crippen molar-refractivity contribution in [3.63, 3.8) is 0 Å². The first-order valence-electron chi connectivity index (χ1n) is 7.10. The molecule has 1 aromatic heterocycles. The summed E-state index contributed by atoms with van der Waals surface area (Å²) in [6, 6.07) is 12.9. The number of rotatable bonds is 4. The molecule has 0 radical (unpaired) electrons. The summed E-state index contributed by atoms with van der Waals surface area (Å²) in [4.78, 5) is 20.5. The molecule has 5 heteroatoms. The van der Waals surface area contributed by atoms with Crippen molar-refractivity contribution in [2.75, 3.05) is 5.32 Å². The number of amides is 1. The van der Waals surface area contributed by atoms with Crippen LogP contribution in [0.3, 0.4) is 0 Å². The molecule has 0 unspecified atom stereocenters. The zero-order valence-corrected chi connectivity index (χ0v) is 12.4. The molecule has 0 bridgehead atoms. The van der Waals surface area contributed by atoms with Crippen LogP contribution >= 0.6 is 0 Å². The van der Waals surface area contributed by atoms with Crippen molar-refractivity contribution in [1.29, 1.82) is 0 Å². The lowest BCUT2D eigenvalue weighted by atomic mass is 10.1. The number of aliphatic hydroxyl groups excluding tert-OH is 1. The summed E-state index contributed by atoms with van der Waals surface area (Å²) in [5.41, 5.74) is 4.30. The molecule has 1 amide bonds. The summed E-state index contributed by atoms with van der Waals surface area (Å²) in [6.07, 6.45) is 2.87. The van der Waals surface area contributed by atoms with E-state index < -0.39 is 0 Å². The predicted octanol–water partition coefficient (Wildman–Crippen LogP) is 2.91. The molecule has 0 fully saturated rings. The van der Waals surface area contributed by atoms with Crippen LogP contribution in [0, 0.1) is 0 Å². The van der Waals surface area contributed by atoms with Crippen LogP contribution in [-0.2, 0) is 11.4 Å². The molecule has 3 rings (SSSR count). The minimum absolute atomic E-state index is 0.133. The highest BCUT2D eigenvalue weighted by molar-refractivity contribution is 5.99. The number of anilines is 1. The maximum absolute atomic E-state index is 11.5. The topological polar surface area (TPSA) is 75.1 Å². The van der Waals surface area contributed by atoms with Crippen LogP contribution < -0.4 is 5.32 Å². The monoisotopic (exact) mass is 305 g/mol. The Balaban J connectivity index is 2.07. The van der Waals surface area contributed by atoms with Gasteiger partial charge in [-0.3, -0.25) is 9.78 Å². The lowest BCUT2D eigenvalue weighted by molar-refractivity contribution is -0.111. The van der Waals surface area contributed by atoms with E-state index in [9.17, 15) is 9.90 Å². The standard InChI is InChI=1S/C18H15N3O2/c1-2-18(23)20-14-8-12(11-22)7-13(9-14)17-10-19-15-5-3-4-6-16(15)21-17/h2-10,22H,1,11H2,(H,20,23). The Bertz CT molecular complexity index is 890. The third-order valence-electron chi connectivity index (χ3n) is 3.37. The highest BCUT2D eigenvalue weighted by Crippen LogP contribution is 2.24. The number of carbonyl (C=O) groups excluding carboxylic acids is 1. The van der Waals surface area contributed by atoms with Crippen molar-refractivity contribution in [2.45, 2.75) is 6.61 Å². The van der Waals surface area contributed by atoms with E-state index in [-0.39, 0.29) is 12.5 Å². The van der Waals surface area contributed by atoms with E-state index in [1.807, 2.05) is 30.3 Å². The number of para-hydroxylation sites is 2. The van der Waals surface area contributed by atoms with Gasteiger partial charge in [-0.15, -0.1) is 0 Å². The second-order valence-electron chi connectivity index (χ2n) is 5.01. The smallest absolute Gasteiger partial charge is 0.247 e. The Morgan fingerprint density at radius 1 is 1.22 bits per heavy atom.